The predicted molar refractivity (Wildman–Crippen MR) is 60.2 cm³/mol. The maximum atomic E-state index is 3.36. The van der Waals surface area contributed by atoms with Crippen molar-refractivity contribution in [3.8, 4) is 0 Å². The summed E-state index contributed by atoms with van der Waals surface area (Å²) in [7, 11) is 0. The van der Waals surface area contributed by atoms with Crippen LogP contribution < -0.4 is 5.32 Å². The van der Waals surface area contributed by atoms with Gasteiger partial charge in [-0.05, 0) is 52.0 Å². The summed E-state index contributed by atoms with van der Waals surface area (Å²) in [6, 6.07) is 0. The molecule has 0 atom stereocenters. The normalized spacial score (nSPS) is 11.1. The topological polar surface area (TPSA) is 15.3 Å². The Morgan fingerprint density at radius 1 is 0.923 bits per heavy atom. The van der Waals surface area contributed by atoms with Crippen LogP contribution in [0.4, 0.5) is 0 Å². The lowest BCUT2D eigenvalue weighted by molar-refractivity contribution is 0.270. The zero-order chi connectivity index (χ0) is 9.94. The number of nitrogens with one attached hydrogen (secondary N) is 1. The first-order valence-corrected chi connectivity index (χ1v) is 5.78. The van der Waals surface area contributed by atoms with Gasteiger partial charge in [0.2, 0.25) is 0 Å². The lowest BCUT2D eigenvalue weighted by Crippen LogP contribution is -2.29. The van der Waals surface area contributed by atoms with Crippen molar-refractivity contribution in [2.24, 2.45) is 0 Å². The monoisotopic (exact) mass is 186 g/mol. The summed E-state index contributed by atoms with van der Waals surface area (Å²) >= 11 is 0. The van der Waals surface area contributed by atoms with Gasteiger partial charge in [0.15, 0.2) is 0 Å². The molecule has 0 aliphatic rings. The highest BCUT2D eigenvalue weighted by atomic mass is 15.1. The van der Waals surface area contributed by atoms with Crippen molar-refractivity contribution in [3.05, 3.63) is 0 Å². The molecule has 0 spiro atoms. The number of nitrogens with zero attached hydrogens (tertiary/aromatic N) is 1. The minimum atomic E-state index is 1.10. The second kappa shape index (κ2) is 10.0. The van der Waals surface area contributed by atoms with E-state index in [2.05, 4.69) is 31.0 Å². The first-order valence-electron chi connectivity index (χ1n) is 5.78. The van der Waals surface area contributed by atoms with Gasteiger partial charge in [0, 0.05) is 0 Å². The van der Waals surface area contributed by atoms with Gasteiger partial charge in [-0.2, -0.15) is 0 Å². The highest BCUT2D eigenvalue weighted by Gasteiger charge is 2.00. The van der Waals surface area contributed by atoms with Crippen molar-refractivity contribution in [2.45, 2.75) is 40.0 Å². The van der Waals surface area contributed by atoms with Gasteiger partial charge < -0.3 is 10.2 Å². The zero-order valence-electron chi connectivity index (χ0n) is 9.60. The Hall–Kier alpha value is -0.0800. The third-order valence-corrected chi connectivity index (χ3v) is 2.16. The lowest BCUT2D eigenvalue weighted by atomic mass is 10.3. The van der Waals surface area contributed by atoms with Gasteiger partial charge >= 0.3 is 0 Å². The molecule has 0 aliphatic heterocycles. The summed E-state index contributed by atoms with van der Waals surface area (Å²) in [5.41, 5.74) is 0. The molecule has 0 aromatic rings. The van der Waals surface area contributed by atoms with E-state index in [0.29, 0.717) is 0 Å². The van der Waals surface area contributed by atoms with Gasteiger partial charge in [-0.15, -0.1) is 0 Å². The molecule has 0 radical (unpaired) electrons. The summed E-state index contributed by atoms with van der Waals surface area (Å²) < 4.78 is 0. The van der Waals surface area contributed by atoms with E-state index in [0.717, 1.165) is 6.54 Å². The van der Waals surface area contributed by atoms with Crippen LogP contribution >= 0.6 is 0 Å². The average molecular weight is 186 g/mol. The minimum absolute atomic E-state index is 1.10. The van der Waals surface area contributed by atoms with Crippen molar-refractivity contribution in [1.82, 2.24) is 10.2 Å². The van der Waals surface area contributed by atoms with E-state index < -0.39 is 0 Å². The van der Waals surface area contributed by atoms with Gasteiger partial charge in [0.05, 0.1) is 0 Å². The van der Waals surface area contributed by atoms with Gasteiger partial charge in [0.1, 0.15) is 0 Å². The molecule has 0 aromatic carbocycles. The van der Waals surface area contributed by atoms with E-state index in [9.17, 15) is 0 Å². The van der Waals surface area contributed by atoms with E-state index in [-0.39, 0.29) is 0 Å². The molecule has 13 heavy (non-hydrogen) atoms. The Balaban J connectivity index is 3.33. The molecule has 80 valence electrons. The summed E-state index contributed by atoms with van der Waals surface area (Å²) in [5, 5.41) is 3.36. The molecule has 2 nitrogen and oxygen atoms in total. The van der Waals surface area contributed by atoms with Crippen LogP contribution in [-0.2, 0) is 0 Å². The highest BCUT2D eigenvalue weighted by molar-refractivity contribution is 4.57. The molecule has 0 fully saturated rings. The smallest absolute Gasteiger partial charge is 0.000664 e. The molecule has 0 heterocycles. The van der Waals surface area contributed by atoms with Crippen molar-refractivity contribution in [2.75, 3.05) is 32.7 Å². The first kappa shape index (κ1) is 12.9. The van der Waals surface area contributed by atoms with E-state index in [1.54, 1.807) is 0 Å². The molecule has 0 amide bonds. The Morgan fingerprint density at radius 2 is 1.54 bits per heavy atom. The lowest BCUT2D eigenvalue weighted by Gasteiger charge is -2.20. The average Bonchev–Trinajstić information content (AvgIpc) is 2.13. The quantitative estimate of drug-likeness (QED) is 0.555. The molecule has 0 saturated carbocycles. The molecule has 0 aliphatic carbocycles. The fourth-order valence-electron chi connectivity index (χ4n) is 1.57. The van der Waals surface area contributed by atoms with Crippen molar-refractivity contribution in [3.63, 3.8) is 0 Å². The molecule has 0 saturated heterocycles. The Morgan fingerprint density at radius 3 is 2.00 bits per heavy atom. The molecular formula is C11H26N2. The first-order chi connectivity index (χ1) is 6.35. The van der Waals surface area contributed by atoms with E-state index in [4.69, 9.17) is 0 Å². The van der Waals surface area contributed by atoms with Crippen LogP contribution in [0.2, 0.25) is 0 Å². The summed E-state index contributed by atoms with van der Waals surface area (Å²) in [6.45, 7) is 12.7. The van der Waals surface area contributed by atoms with Crippen LogP contribution in [-0.4, -0.2) is 37.6 Å². The van der Waals surface area contributed by atoms with E-state index in [1.807, 2.05) is 0 Å². The van der Waals surface area contributed by atoms with Crippen LogP contribution in [0.1, 0.15) is 40.0 Å². The van der Waals surface area contributed by atoms with Gasteiger partial charge in [-0.3, -0.25) is 0 Å². The summed E-state index contributed by atoms with van der Waals surface area (Å²) in [5.74, 6) is 0. The zero-order valence-corrected chi connectivity index (χ0v) is 9.60. The number of hydrogen-bond donors (Lipinski definition) is 1. The molecule has 2 heteroatoms. The fourth-order valence-corrected chi connectivity index (χ4v) is 1.57. The van der Waals surface area contributed by atoms with Crippen LogP contribution in [0.5, 0.6) is 0 Å². The van der Waals surface area contributed by atoms with Crippen molar-refractivity contribution in [1.29, 1.82) is 0 Å². The molecule has 1 N–H and O–H groups in total. The summed E-state index contributed by atoms with van der Waals surface area (Å²) in [4.78, 5) is 2.57. The second-order valence-electron chi connectivity index (χ2n) is 3.55. The van der Waals surface area contributed by atoms with Crippen LogP contribution in [0, 0.1) is 0 Å². The maximum Gasteiger partial charge on any atom is -0.000664 e. The Kier molecular flexibility index (Phi) is 9.94. The number of rotatable bonds is 9. The Labute approximate surface area is 83.7 Å². The standard InChI is InChI=1S/C11H26N2/c1-4-9-13(10-5-2)11-7-8-12-6-3/h12H,4-11H2,1-3H3. The van der Waals surface area contributed by atoms with Crippen LogP contribution in [0.15, 0.2) is 0 Å². The van der Waals surface area contributed by atoms with Gasteiger partial charge in [-0.1, -0.05) is 20.8 Å². The molecular weight excluding hydrogens is 160 g/mol. The number of hydrogen-bond acceptors (Lipinski definition) is 2. The maximum absolute atomic E-state index is 3.36. The summed E-state index contributed by atoms with van der Waals surface area (Å²) in [6.07, 6.45) is 3.84. The van der Waals surface area contributed by atoms with Crippen LogP contribution in [0.25, 0.3) is 0 Å². The third-order valence-electron chi connectivity index (χ3n) is 2.16. The Bertz CT molecular complexity index is 88.1. The van der Waals surface area contributed by atoms with Gasteiger partial charge in [-0.25, -0.2) is 0 Å². The highest BCUT2D eigenvalue weighted by Crippen LogP contribution is 1.95. The largest absolute Gasteiger partial charge is 0.317 e. The van der Waals surface area contributed by atoms with Crippen molar-refractivity contribution >= 4 is 0 Å². The minimum Gasteiger partial charge on any atom is -0.317 e. The van der Waals surface area contributed by atoms with Crippen molar-refractivity contribution < 1.29 is 0 Å². The molecule has 0 aromatic heterocycles. The predicted octanol–water partition coefficient (Wildman–Crippen LogP) is 2.11. The van der Waals surface area contributed by atoms with Gasteiger partial charge in [0.25, 0.3) is 0 Å². The van der Waals surface area contributed by atoms with E-state index in [1.165, 1.54) is 45.4 Å². The molecule has 0 bridgehead atoms. The molecule has 0 unspecified atom stereocenters. The van der Waals surface area contributed by atoms with Crippen LogP contribution in [0.3, 0.4) is 0 Å². The SMILES string of the molecule is CCCN(CCC)CCCNCC. The fraction of sp³-hybridized carbons (Fsp3) is 1.00. The second-order valence-corrected chi connectivity index (χ2v) is 3.55. The molecule has 0 rings (SSSR count). The third kappa shape index (κ3) is 8.26. The van der Waals surface area contributed by atoms with E-state index >= 15 is 0 Å².